The fraction of sp³-hybridized carbons (Fsp3) is 0.316. The summed E-state index contributed by atoms with van der Waals surface area (Å²) in [5, 5.41) is 43.2. The quantitative estimate of drug-likeness (QED) is 0.398. The largest absolute Gasteiger partial charge is 0.497 e. The maximum atomic E-state index is 10.1. The van der Waals surface area contributed by atoms with E-state index in [1.54, 1.807) is 7.11 Å². The van der Waals surface area contributed by atoms with E-state index in [0.717, 1.165) is 27.5 Å². The lowest BCUT2D eigenvalue weighted by atomic mass is 10.1. The van der Waals surface area contributed by atoms with Gasteiger partial charge in [0.05, 0.1) is 36.5 Å². The van der Waals surface area contributed by atoms with E-state index in [4.69, 9.17) is 9.84 Å². The van der Waals surface area contributed by atoms with Crippen molar-refractivity contribution < 1.29 is 25.2 Å². The van der Waals surface area contributed by atoms with Crippen LogP contribution in [0, 0.1) is 0 Å². The first kappa shape index (κ1) is 18.3. The Morgan fingerprint density at radius 2 is 1.73 bits per heavy atom. The molecule has 0 saturated carbocycles. The van der Waals surface area contributed by atoms with Crippen molar-refractivity contribution in [2.45, 2.75) is 18.3 Å². The zero-order chi connectivity index (χ0) is 18.7. The number of pyridine rings is 1. The van der Waals surface area contributed by atoms with E-state index >= 15 is 0 Å². The lowest BCUT2D eigenvalue weighted by Crippen LogP contribution is -2.42. The molecule has 0 fully saturated rings. The lowest BCUT2D eigenvalue weighted by Gasteiger charge is -2.23. The fourth-order valence-electron chi connectivity index (χ4n) is 2.88. The third-order valence-electron chi connectivity index (χ3n) is 4.35. The third-order valence-corrected chi connectivity index (χ3v) is 4.35. The Morgan fingerprint density at radius 1 is 1.00 bits per heavy atom. The maximum absolute atomic E-state index is 10.1. The van der Waals surface area contributed by atoms with E-state index < -0.39 is 24.9 Å². The highest BCUT2D eigenvalue weighted by Crippen LogP contribution is 2.33. The topological polar surface area (TPSA) is 115 Å². The van der Waals surface area contributed by atoms with Gasteiger partial charge in [-0.15, -0.1) is 0 Å². The number of anilines is 1. The molecule has 0 bridgehead atoms. The van der Waals surface area contributed by atoms with Crippen LogP contribution in [0.5, 0.6) is 5.75 Å². The Kier molecular flexibility index (Phi) is 5.53. The van der Waals surface area contributed by atoms with Crippen LogP contribution in [0.25, 0.3) is 21.8 Å². The van der Waals surface area contributed by atoms with E-state index in [1.807, 2.05) is 42.5 Å². The van der Waals surface area contributed by atoms with Gasteiger partial charge in [0.25, 0.3) is 0 Å². The first-order valence-electron chi connectivity index (χ1n) is 8.30. The van der Waals surface area contributed by atoms with Gasteiger partial charge in [-0.25, -0.2) is 4.98 Å². The number of nitrogens with one attached hydrogen (secondary N) is 1. The summed E-state index contributed by atoms with van der Waals surface area (Å²) in [7, 11) is 1.58. The number of ether oxygens (including phenoxy) is 1. The molecule has 7 heteroatoms. The van der Waals surface area contributed by atoms with E-state index in [9.17, 15) is 15.3 Å². The first-order chi connectivity index (χ1) is 12.5. The number of aliphatic hydroxyl groups excluding tert-OH is 4. The summed E-state index contributed by atoms with van der Waals surface area (Å²) in [5.41, 5.74) is 2.30. The Bertz CT molecular complexity index is 902. The molecule has 3 aromatic rings. The number of aromatic nitrogens is 1. The summed E-state index contributed by atoms with van der Waals surface area (Å²) in [5.74, 6) is 0.675. The number of rotatable bonds is 7. The minimum atomic E-state index is -1.46. The molecule has 0 amide bonds. The normalized spacial score (nSPS) is 15.0. The van der Waals surface area contributed by atoms with Crippen LogP contribution in [0.1, 0.15) is 0 Å². The fourth-order valence-corrected chi connectivity index (χ4v) is 2.88. The van der Waals surface area contributed by atoms with Crippen molar-refractivity contribution in [3.05, 3.63) is 42.5 Å². The summed E-state index contributed by atoms with van der Waals surface area (Å²) in [4.78, 5) is 4.64. The second-order valence-corrected chi connectivity index (χ2v) is 6.08. The molecule has 138 valence electrons. The Labute approximate surface area is 150 Å². The molecule has 0 aliphatic carbocycles. The highest BCUT2D eigenvalue weighted by Gasteiger charge is 2.24. The number of methoxy groups -OCH3 is 1. The molecule has 3 rings (SSSR count). The summed E-state index contributed by atoms with van der Waals surface area (Å²) in [6.07, 6.45) is -4.12. The molecule has 2 aromatic carbocycles. The van der Waals surface area contributed by atoms with Crippen molar-refractivity contribution in [2.24, 2.45) is 0 Å². The van der Waals surface area contributed by atoms with Gasteiger partial charge in [-0.3, -0.25) is 0 Å². The molecule has 1 aromatic heterocycles. The Balaban J connectivity index is 2.01. The average Bonchev–Trinajstić information content (AvgIpc) is 2.69. The highest BCUT2D eigenvalue weighted by atomic mass is 16.5. The molecular weight excluding hydrogens is 336 g/mol. The second kappa shape index (κ2) is 7.84. The van der Waals surface area contributed by atoms with Gasteiger partial charge in [0.2, 0.25) is 0 Å². The number of hydrogen-bond acceptors (Lipinski definition) is 7. The van der Waals surface area contributed by atoms with Gasteiger partial charge < -0.3 is 30.5 Å². The van der Waals surface area contributed by atoms with Crippen LogP contribution < -0.4 is 10.1 Å². The van der Waals surface area contributed by atoms with Crippen molar-refractivity contribution in [1.29, 1.82) is 0 Å². The number of hydrogen-bond donors (Lipinski definition) is 5. The van der Waals surface area contributed by atoms with Crippen LogP contribution in [-0.4, -0.2) is 64.0 Å². The predicted molar refractivity (Wildman–Crippen MR) is 99.4 cm³/mol. The van der Waals surface area contributed by atoms with Crippen molar-refractivity contribution in [3.63, 3.8) is 0 Å². The third kappa shape index (κ3) is 3.56. The van der Waals surface area contributed by atoms with Crippen LogP contribution in [-0.2, 0) is 0 Å². The van der Waals surface area contributed by atoms with Gasteiger partial charge in [0.1, 0.15) is 18.0 Å². The lowest BCUT2D eigenvalue weighted by molar-refractivity contribution is -0.0715. The summed E-state index contributed by atoms with van der Waals surface area (Å²) < 4.78 is 5.29. The molecule has 3 atom stereocenters. The van der Waals surface area contributed by atoms with E-state index in [-0.39, 0.29) is 6.54 Å². The number of benzene rings is 2. The highest BCUT2D eigenvalue weighted by molar-refractivity contribution is 6.07. The Morgan fingerprint density at radius 3 is 2.46 bits per heavy atom. The maximum Gasteiger partial charge on any atom is 0.119 e. The molecule has 1 heterocycles. The number of fused-ring (bicyclic) bond motifs is 2. The minimum Gasteiger partial charge on any atom is -0.497 e. The van der Waals surface area contributed by atoms with Crippen LogP contribution in [0.4, 0.5) is 5.69 Å². The number of nitrogens with zero attached hydrogens (tertiary/aromatic N) is 1. The van der Waals surface area contributed by atoms with Gasteiger partial charge in [0, 0.05) is 17.3 Å². The van der Waals surface area contributed by atoms with Crippen molar-refractivity contribution in [2.75, 3.05) is 25.6 Å². The average molecular weight is 358 g/mol. The Hall–Kier alpha value is -2.45. The van der Waals surface area contributed by atoms with E-state index in [2.05, 4.69) is 10.3 Å². The first-order valence-corrected chi connectivity index (χ1v) is 8.30. The summed E-state index contributed by atoms with van der Waals surface area (Å²) in [6.45, 7) is -0.644. The molecule has 26 heavy (non-hydrogen) atoms. The molecule has 7 nitrogen and oxygen atoms in total. The molecule has 3 unspecified atom stereocenters. The van der Waals surface area contributed by atoms with Crippen molar-refractivity contribution in [1.82, 2.24) is 4.98 Å². The smallest absolute Gasteiger partial charge is 0.119 e. The minimum absolute atomic E-state index is 0.0153. The summed E-state index contributed by atoms with van der Waals surface area (Å²) >= 11 is 0. The SMILES string of the molecule is COc1ccc2nc3ccccc3c(NCC(O)C(O)C(O)CO)c2c1. The van der Waals surface area contributed by atoms with Crippen LogP contribution >= 0.6 is 0 Å². The van der Waals surface area contributed by atoms with Crippen LogP contribution in [0.2, 0.25) is 0 Å². The second-order valence-electron chi connectivity index (χ2n) is 6.08. The molecular formula is C19H22N2O5. The van der Waals surface area contributed by atoms with Crippen molar-refractivity contribution in [3.8, 4) is 5.75 Å². The summed E-state index contributed by atoms with van der Waals surface area (Å²) in [6, 6.07) is 13.1. The van der Waals surface area contributed by atoms with E-state index in [0.29, 0.717) is 5.75 Å². The van der Waals surface area contributed by atoms with Gasteiger partial charge in [-0.05, 0) is 24.3 Å². The zero-order valence-electron chi connectivity index (χ0n) is 14.3. The predicted octanol–water partition coefficient (Wildman–Crippen LogP) is 0.883. The van der Waals surface area contributed by atoms with Gasteiger partial charge in [-0.1, -0.05) is 18.2 Å². The van der Waals surface area contributed by atoms with Gasteiger partial charge in [0.15, 0.2) is 0 Å². The zero-order valence-corrected chi connectivity index (χ0v) is 14.3. The number of aliphatic hydroxyl groups is 4. The monoisotopic (exact) mass is 358 g/mol. The van der Waals surface area contributed by atoms with Crippen LogP contribution in [0.15, 0.2) is 42.5 Å². The molecule has 0 aliphatic heterocycles. The molecule has 0 saturated heterocycles. The van der Waals surface area contributed by atoms with Gasteiger partial charge >= 0.3 is 0 Å². The van der Waals surface area contributed by atoms with Gasteiger partial charge in [-0.2, -0.15) is 0 Å². The van der Waals surface area contributed by atoms with Crippen molar-refractivity contribution >= 4 is 27.5 Å². The standard InChI is InChI=1S/C19H22N2O5/c1-26-11-6-7-15-13(8-11)18(12-4-2-3-5-14(12)21-15)20-9-16(23)19(25)17(24)10-22/h2-8,16-17,19,22-25H,9-10H2,1H3,(H,20,21). The molecule has 5 N–H and O–H groups in total. The molecule has 0 radical (unpaired) electrons. The molecule has 0 aliphatic rings. The molecule has 0 spiro atoms. The van der Waals surface area contributed by atoms with E-state index in [1.165, 1.54) is 0 Å². The van der Waals surface area contributed by atoms with Crippen LogP contribution in [0.3, 0.4) is 0 Å². The number of para-hydroxylation sites is 1.